The molecule has 7 nitrogen and oxygen atoms in total. The van der Waals surface area contributed by atoms with Gasteiger partial charge in [0.2, 0.25) is 0 Å². The van der Waals surface area contributed by atoms with Gasteiger partial charge in [0, 0.05) is 17.8 Å². The van der Waals surface area contributed by atoms with Crippen molar-refractivity contribution in [1.29, 1.82) is 0 Å². The second-order valence-electron chi connectivity index (χ2n) is 7.57. The Morgan fingerprint density at radius 2 is 2.00 bits per heavy atom. The van der Waals surface area contributed by atoms with Gasteiger partial charge < -0.3 is 9.46 Å². The average Bonchev–Trinajstić information content (AvgIpc) is 3.33. The molecule has 0 amide bonds. The first-order valence-corrected chi connectivity index (χ1v) is 10.6. The number of hydrogen-bond acceptors (Lipinski definition) is 6. The van der Waals surface area contributed by atoms with E-state index in [1.165, 1.54) is 35.0 Å². The number of benzene rings is 1. The molecule has 11 heteroatoms. The van der Waals surface area contributed by atoms with E-state index in [4.69, 9.17) is 28.3 Å². The van der Waals surface area contributed by atoms with Crippen LogP contribution in [0, 0.1) is 0 Å². The SMILES string of the molecule is [B]C([B])([B])n1ncc2ccc(OC)c(NSc3cnn(-c4cc(C5CC5)ccn4)c3)c21. The normalized spacial score (nSPS) is 14.1. The number of pyridine rings is 1. The Morgan fingerprint density at radius 3 is 2.74 bits per heavy atom. The summed E-state index contributed by atoms with van der Waals surface area (Å²) in [7, 11) is 19.3. The van der Waals surface area contributed by atoms with E-state index in [0.717, 1.165) is 16.1 Å². The number of rotatable bonds is 7. The van der Waals surface area contributed by atoms with Crippen LogP contribution in [0.1, 0.15) is 24.3 Å². The predicted molar refractivity (Wildman–Crippen MR) is 124 cm³/mol. The molecule has 5 rings (SSSR count). The summed E-state index contributed by atoms with van der Waals surface area (Å²) in [4.78, 5) is 5.34. The molecule has 0 saturated heterocycles. The largest absolute Gasteiger partial charge is 0.494 e. The minimum absolute atomic E-state index is 0.609. The lowest BCUT2D eigenvalue weighted by atomic mass is 9.49. The Bertz CT molecular complexity index is 1250. The Hall–Kier alpha value is -2.81. The number of nitrogens with zero attached hydrogens (tertiary/aromatic N) is 5. The fourth-order valence-corrected chi connectivity index (χ4v) is 4.16. The fraction of sp³-hybridized carbons (Fsp3) is 0.250. The van der Waals surface area contributed by atoms with Crippen molar-refractivity contribution in [1.82, 2.24) is 24.5 Å². The molecule has 1 aliphatic rings. The highest BCUT2D eigenvalue weighted by atomic mass is 32.2. The molecular weight excluding hydrogens is 405 g/mol. The Balaban J connectivity index is 1.43. The minimum Gasteiger partial charge on any atom is -0.494 e. The molecule has 6 radical (unpaired) electrons. The van der Waals surface area contributed by atoms with E-state index in [1.54, 1.807) is 24.2 Å². The van der Waals surface area contributed by atoms with Crippen LogP contribution in [0.15, 0.2) is 53.9 Å². The third-order valence-corrected chi connectivity index (χ3v) is 5.92. The molecule has 148 valence electrons. The minimum atomic E-state index is -1.65. The van der Waals surface area contributed by atoms with Gasteiger partial charge in [-0.15, -0.1) is 0 Å². The van der Waals surface area contributed by atoms with Crippen LogP contribution in [0.4, 0.5) is 5.69 Å². The first kappa shape index (κ1) is 20.1. The van der Waals surface area contributed by atoms with Gasteiger partial charge in [0.05, 0.1) is 53.5 Å². The van der Waals surface area contributed by atoms with Crippen LogP contribution in [-0.4, -0.2) is 55.2 Å². The van der Waals surface area contributed by atoms with Crippen LogP contribution in [0.5, 0.6) is 5.75 Å². The van der Waals surface area contributed by atoms with Gasteiger partial charge in [-0.1, -0.05) is 0 Å². The summed E-state index contributed by atoms with van der Waals surface area (Å²) in [5.41, 5.74) is 2.62. The molecule has 4 aromatic rings. The van der Waals surface area contributed by atoms with Crippen molar-refractivity contribution in [3.05, 3.63) is 54.6 Å². The second-order valence-corrected chi connectivity index (χ2v) is 8.45. The highest BCUT2D eigenvalue weighted by molar-refractivity contribution is 8.00. The molecule has 3 aromatic heterocycles. The molecule has 3 heterocycles. The number of hydrogen-bond donors (Lipinski definition) is 1. The van der Waals surface area contributed by atoms with Crippen LogP contribution in [-0.2, 0) is 5.24 Å². The summed E-state index contributed by atoms with van der Waals surface area (Å²) < 4.78 is 12.0. The topological polar surface area (TPSA) is 69.8 Å². The number of anilines is 1. The fourth-order valence-electron chi connectivity index (χ4n) is 3.49. The third kappa shape index (κ3) is 3.94. The molecule has 1 saturated carbocycles. The Morgan fingerprint density at radius 1 is 1.16 bits per heavy atom. The van der Waals surface area contributed by atoms with Gasteiger partial charge in [0.25, 0.3) is 0 Å². The summed E-state index contributed by atoms with van der Waals surface area (Å²) in [6, 6.07) is 7.89. The molecule has 0 spiro atoms. The van der Waals surface area contributed by atoms with Crippen molar-refractivity contribution < 1.29 is 4.74 Å². The molecule has 1 aliphatic carbocycles. The smallest absolute Gasteiger partial charge is 0.153 e. The van der Waals surface area contributed by atoms with Crippen LogP contribution in [0.2, 0.25) is 0 Å². The van der Waals surface area contributed by atoms with Gasteiger partial charge in [-0.2, -0.15) is 10.2 Å². The number of nitrogens with one attached hydrogen (secondary N) is 1. The van der Waals surface area contributed by atoms with E-state index in [1.807, 2.05) is 24.5 Å². The van der Waals surface area contributed by atoms with E-state index in [0.29, 0.717) is 22.9 Å². The Labute approximate surface area is 188 Å². The summed E-state index contributed by atoms with van der Waals surface area (Å²) in [5.74, 6) is 2.07. The van der Waals surface area contributed by atoms with Crippen LogP contribution >= 0.6 is 11.9 Å². The average molecular weight is 422 g/mol. The molecule has 31 heavy (non-hydrogen) atoms. The highest BCUT2D eigenvalue weighted by Gasteiger charge is 2.24. The van der Waals surface area contributed by atoms with Gasteiger partial charge >= 0.3 is 0 Å². The molecular formula is C20H17B3N6OS. The van der Waals surface area contributed by atoms with Gasteiger partial charge in [0.15, 0.2) is 5.82 Å². The molecule has 0 aliphatic heterocycles. The first-order chi connectivity index (χ1) is 14.9. The van der Waals surface area contributed by atoms with E-state index in [-0.39, 0.29) is 0 Å². The van der Waals surface area contributed by atoms with Gasteiger partial charge in [-0.25, -0.2) is 9.67 Å². The quantitative estimate of drug-likeness (QED) is 0.365. The number of fused-ring (bicyclic) bond motifs is 1. The number of methoxy groups -OCH3 is 1. The van der Waals surface area contributed by atoms with Crippen molar-refractivity contribution in [2.45, 2.75) is 28.9 Å². The Kier molecular flexibility index (Phi) is 5.00. The van der Waals surface area contributed by atoms with Crippen LogP contribution < -0.4 is 9.46 Å². The van der Waals surface area contributed by atoms with E-state index < -0.39 is 5.24 Å². The first-order valence-electron chi connectivity index (χ1n) is 9.80. The summed E-state index contributed by atoms with van der Waals surface area (Å²) in [6.45, 7) is 0. The van der Waals surface area contributed by atoms with Crippen LogP contribution in [0.25, 0.3) is 16.7 Å². The second kappa shape index (κ2) is 7.71. The van der Waals surface area contributed by atoms with Crippen LogP contribution in [0.3, 0.4) is 0 Å². The van der Waals surface area contributed by atoms with Gasteiger partial charge in [-0.05, 0) is 65.8 Å². The van der Waals surface area contributed by atoms with Crippen molar-refractivity contribution in [2.75, 3.05) is 11.8 Å². The molecule has 1 fully saturated rings. The lowest BCUT2D eigenvalue weighted by molar-refractivity contribution is 0.417. The molecule has 1 aromatic carbocycles. The molecule has 1 N–H and O–H groups in total. The van der Waals surface area contributed by atoms with Gasteiger partial charge in [-0.3, -0.25) is 4.68 Å². The summed E-state index contributed by atoms with van der Waals surface area (Å²) in [6.07, 6.45) is 9.66. The zero-order valence-corrected chi connectivity index (χ0v) is 17.7. The van der Waals surface area contributed by atoms with Crippen molar-refractivity contribution in [3.8, 4) is 11.6 Å². The maximum atomic E-state index is 5.90. The molecule has 0 unspecified atom stereocenters. The van der Waals surface area contributed by atoms with Crippen molar-refractivity contribution in [3.63, 3.8) is 0 Å². The zero-order valence-electron chi connectivity index (χ0n) is 16.9. The predicted octanol–water partition coefficient (Wildman–Crippen LogP) is 2.70. The lowest BCUT2D eigenvalue weighted by Crippen LogP contribution is -2.36. The highest BCUT2D eigenvalue weighted by Crippen LogP contribution is 2.40. The van der Waals surface area contributed by atoms with Gasteiger partial charge in [0.1, 0.15) is 11.4 Å². The van der Waals surface area contributed by atoms with Crippen molar-refractivity contribution in [2.24, 2.45) is 0 Å². The number of aromatic nitrogens is 5. The maximum absolute atomic E-state index is 5.90. The molecule has 0 bridgehead atoms. The van der Waals surface area contributed by atoms with Crippen molar-refractivity contribution >= 4 is 52.1 Å². The van der Waals surface area contributed by atoms with E-state index in [9.17, 15) is 0 Å². The lowest BCUT2D eigenvalue weighted by Gasteiger charge is -2.24. The molecule has 0 atom stereocenters. The summed E-state index contributed by atoms with van der Waals surface area (Å²) >= 11 is 1.37. The standard InChI is InChI=1S/C20H17B3N6OS/c1-30-16-5-4-14-9-26-29(20(21,22)23)19(14)18(16)27-31-15-10-25-28(11-15)17-8-13(6-7-24-17)12-2-3-12/h4-12,27H,2-3H2,1H3. The third-order valence-electron chi connectivity index (χ3n) is 5.16. The number of ether oxygens (including phenoxy) is 1. The zero-order chi connectivity index (χ0) is 21.6. The summed E-state index contributed by atoms with van der Waals surface area (Å²) in [5, 5.41) is 7.87. The van der Waals surface area contributed by atoms with E-state index in [2.05, 4.69) is 32.0 Å². The van der Waals surface area contributed by atoms with E-state index >= 15 is 0 Å². The maximum Gasteiger partial charge on any atom is 0.153 e. The monoisotopic (exact) mass is 422 g/mol.